The fourth-order valence-electron chi connectivity index (χ4n) is 2.82. The van der Waals surface area contributed by atoms with E-state index in [4.69, 9.17) is 5.73 Å². The molecule has 3 nitrogen and oxygen atoms in total. The zero-order chi connectivity index (χ0) is 12.7. The maximum atomic E-state index is 12.2. The number of hydrogen-bond donors (Lipinski definition) is 1. The summed E-state index contributed by atoms with van der Waals surface area (Å²) in [5.41, 5.74) is 5.45. The minimum absolute atomic E-state index is 0.359. The largest absolute Gasteiger partial charge is 0.337 e. The molecule has 100 valence electrons. The lowest BCUT2D eigenvalue weighted by Crippen LogP contribution is -2.47. The molecule has 0 aromatic heterocycles. The summed E-state index contributed by atoms with van der Waals surface area (Å²) in [5.74, 6) is 0.359. The highest BCUT2D eigenvalue weighted by Gasteiger charge is 2.28. The highest BCUT2D eigenvalue weighted by molar-refractivity contribution is 5.76. The first-order valence-electron chi connectivity index (χ1n) is 7.18. The van der Waals surface area contributed by atoms with E-state index in [0.29, 0.717) is 18.0 Å². The van der Waals surface area contributed by atoms with E-state index in [0.717, 1.165) is 38.6 Å². The van der Waals surface area contributed by atoms with Crippen molar-refractivity contribution in [2.45, 2.75) is 77.3 Å². The second-order valence-corrected chi connectivity index (χ2v) is 5.38. The first kappa shape index (κ1) is 14.5. The normalized spacial score (nSPS) is 25.0. The molecule has 1 heterocycles. The number of hydrogen-bond acceptors (Lipinski definition) is 2. The third-order valence-electron chi connectivity index (χ3n) is 3.83. The van der Waals surface area contributed by atoms with Crippen LogP contribution in [0.15, 0.2) is 0 Å². The summed E-state index contributed by atoms with van der Waals surface area (Å²) in [6.45, 7) is 5.14. The summed E-state index contributed by atoms with van der Waals surface area (Å²) in [7, 11) is 0. The number of nitrogens with two attached hydrogens (primary N) is 1. The Bertz CT molecular complexity index is 220. The monoisotopic (exact) mass is 240 g/mol. The van der Waals surface area contributed by atoms with E-state index >= 15 is 0 Å². The van der Waals surface area contributed by atoms with Gasteiger partial charge in [0.25, 0.3) is 0 Å². The van der Waals surface area contributed by atoms with Gasteiger partial charge in [-0.2, -0.15) is 0 Å². The maximum absolute atomic E-state index is 12.2. The average Bonchev–Trinajstić information content (AvgIpc) is 2.28. The SMILES string of the molecule is CC1CCCC(C)N1C(=O)CCCCCCN. The molecule has 0 aromatic rings. The molecule has 0 aliphatic carbocycles. The minimum Gasteiger partial charge on any atom is -0.337 e. The number of unbranched alkanes of at least 4 members (excludes halogenated alkanes) is 3. The Hall–Kier alpha value is -0.570. The van der Waals surface area contributed by atoms with Crippen molar-refractivity contribution in [2.24, 2.45) is 5.73 Å². The molecule has 2 unspecified atom stereocenters. The van der Waals surface area contributed by atoms with Gasteiger partial charge in [0.05, 0.1) is 0 Å². The molecule has 1 rings (SSSR count). The first-order valence-corrected chi connectivity index (χ1v) is 7.18. The van der Waals surface area contributed by atoms with Crippen LogP contribution >= 0.6 is 0 Å². The quantitative estimate of drug-likeness (QED) is 0.726. The molecule has 0 saturated carbocycles. The molecule has 1 aliphatic heterocycles. The summed E-state index contributed by atoms with van der Waals surface area (Å²) >= 11 is 0. The van der Waals surface area contributed by atoms with Crippen molar-refractivity contribution in [3.63, 3.8) is 0 Å². The Morgan fingerprint density at radius 2 is 1.71 bits per heavy atom. The maximum Gasteiger partial charge on any atom is 0.223 e. The van der Waals surface area contributed by atoms with Crippen molar-refractivity contribution in [3.05, 3.63) is 0 Å². The molecular formula is C14H28N2O. The summed E-state index contributed by atoms with van der Waals surface area (Å²) in [6.07, 6.45) is 8.74. The fraction of sp³-hybridized carbons (Fsp3) is 0.929. The number of piperidine rings is 1. The standard InChI is InChI=1S/C14H28N2O/c1-12-8-7-9-13(2)16(12)14(17)10-5-3-4-6-11-15/h12-13H,3-11,15H2,1-2H3. The smallest absolute Gasteiger partial charge is 0.223 e. The fourth-order valence-corrected chi connectivity index (χ4v) is 2.82. The van der Waals surface area contributed by atoms with E-state index in [1.165, 1.54) is 19.3 Å². The van der Waals surface area contributed by atoms with Crippen LogP contribution in [0.4, 0.5) is 0 Å². The predicted molar refractivity (Wildman–Crippen MR) is 71.8 cm³/mol. The summed E-state index contributed by atoms with van der Waals surface area (Å²) in [6, 6.07) is 0.880. The first-order chi connectivity index (χ1) is 8.16. The average molecular weight is 240 g/mol. The molecule has 1 fully saturated rings. The van der Waals surface area contributed by atoms with Crippen LogP contribution in [0.1, 0.15) is 65.2 Å². The number of carbonyl (C=O) groups excluding carboxylic acids is 1. The van der Waals surface area contributed by atoms with Gasteiger partial charge < -0.3 is 10.6 Å². The van der Waals surface area contributed by atoms with Gasteiger partial charge >= 0.3 is 0 Å². The van der Waals surface area contributed by atoms with Crippen LogP contribution in [0.2, 0.25) is 0 Å². The molecule has 3 heteroatoms. The third-order valence-corrected chi connectivity index (χ3v) is 3.83. The van der Waals surface area contributed by atoms with Gasteiger partial charge in [-0.1, -0.05) is 12.8 Å². The summed E-state index contributed by atoms with van der Waals surface area (Å²) in [5, 5.41) is 0. The molecule has 2 atom stereocenters. The van der Waals surface area contributed by atoms with Gasteiger partial charge in [0.1, 0.15) is 0 Å². The molecule has 0 bridgehead atoms. The lowest BCUT2D eigenvalue weighted by atomic mass is 9.96. The van der Waals surface area contributed by atoms with Crippen molar-refractivity contribution in [1.29, 1.82) is 0 Å². The molecule has 17 heavy (non-hydrogen) atoms. The zero-order valence-corrected chi connectivity index (χ0v) is 11.5. The van der Waals surface area contributed by atoms with Gasteiger partial charge in [0.15, 0.2) is 0 Å². The zero-order valence-electron chi connectivity index (χ0n) is 11.5. The van der Waals surface area contributed by atoms with Gasteiger partial charge in [0.2, 0.25) is 5.91 Å². The van der Waals surface area contributed by atoms with E-state index in [2.05, 4.69) is 18.7 Å². The third kappa shape index (κ3) is 4.66. The number of nitrogens with zero attached hydrogens (tertiary/aromatic N) is 1. The lowest BCUT2D eigenvalue weighted by Gasteiger charge is -2.39. The number of likely N-dealkylation sites (tertiary alicyclic amines) is 1. The number of carbonyl (C=O) groups is 1. The van der Waals surface area contributed by atoms with Crippen LogP contribution in [0, 0.1) is 0 Å². The number of rotatable bonds is 6. The van der Waals surface area contributed by atoms with Crippen molar-refractivity contribution in [1.82, 2.24) is 4.90 Å². The molecule has 1 saturated heterocycles. The van der Waals surface area contributed by atoms with E-state index < -0.39 is 0 Å². The predicted octanol–water partition coefficient (Wildman–Crippen LogP) is 2.69. The minimum atomic E-state index is 0.359. The molecule has 1 amide bonds. The van der Waals surface area contributed by atoms with E-state index in [1.54, 1.807) is 0 Å². The van der Waals surface area contributed by atoms with Crippen LogP contribution in [0.5, 0.6) is 0 Å². The Morgan fingerprint density at radius 1 is 1.12 bits per heavy atom. The second kappa shape index (κ2) is 7.70. The van der Waals surface area contributed by atoms with Crippen molar-refractivity contribution in [3.8, 4) is 0 Å². The lowest BCUT2D eigenvalue weighted by molar-refractivity contribution is -0.137. The second-order valence-electron chi connectivity index (χ2n) is 5.38. The molecule has 0 aromatic carbocycles. The van der Waals surface area contributed by atoms with Crippen LogP contribution in [0.25, 0.3) is 0 Å². The van der Waals surface area contributed by atoms with Gasteiger partial charge in [-0.05, 0) is 52.5 Å². The van der Waals surface area contributed by atoms with Gasteiger partial charge in [-0.15, -0.1) is 0 Å². The van der Waals surface area contributed by atoms with E-state index in [-0.39, 0.29) is 0 Å². The van der Waals surface area contributed by atoms with E-state index in [9.17, 15) is 4.79 Å². The van der Waals surface area contributed by atoms with Crippen LogP contribution in [-0.2, 0) is 4.79 Å². The molecule has 2 N–H and O–H groups in total. The van der Waals surface area contributed by atoms with Crippen molar-refractivity contribution < 1.29 is 4.79 Å². The van der Waals surface area contributed by atoms with Crippen LogP contribution in [-0.4, -0.2) is 29.4 Å². The van der Waals surface area contributed by atoms with Gasteiger partial charge in [0, 0.05) is 18.5 Å². The topological polar surface area (TPSA) is 46.3 Å². The highest BCUT2D eigenvalue weighted by atomic mass is 16.2. The Labute approximate surface area is 106 Å². The number of amides is 1. The Balaban J connectivity index is 2.25. The van der Waals surface area contributed by atoms with Crippen LogP contribution < -0.4 is 5.73 Å². The molecule has 0 spiro atoms. The summed E-state index contributed by atoms with van der Waals surface area (Å²) in [4.78, 5) is 14.3. The summed E-state index contributed by atoms with van der Waals surface area (Å²) < 4.78 is 0. The van der Waals surface area contributed by atoms with Crippen LogP contribution in [0.3, 0.4) is 0 Å². The molecule has 1 aliphatic rings. The molecular weight excluding hydrogens is 212 g/mol. The van der Waals surface area contributed by atoms with Crippen molar-refractivity contribution >= 4 is 5.91 Å². The highest BCUT2D eigenvalue weighted by Crippen LogP contribution is 2.23. The molecule has 0 radical (unpaired) electrons. The van der Waals surface area contributed by atoms with E-state index in [1.807, 2.05) is 0 Å². The van der Waals surface area contributed by atoms with Gasteiger partial charge in [-0.3, -0.25) is 4.79 Å². The Kier molecular flexibility index (Phi) is 6.56. The van der Waals surface area contributed by atoms with Gasteiger partial charge in [-0.25, -0.2) is 0 Å². The Morgan fingerprint density at radius 3 is 2.29 bits per heavy atom. The van der Waals surface area contributed by atoms with Crippen molar-refractivity contribution in [2.75, 3.05) is 6.54 Å².